The second-order valence-corrected chi connectivity index (χ2v) is 8.59. The van der Waals surface area contributed by atoms with Gasteiger partial charge in [-0.05, 0) is 58.0 Å². The molecule has 3 nitrogen and oxygen atoms in total. The molecule has 134 valence electrons. The minimum Gasteiger partial charge on any atom is -0.304 e. The predicted molar refractivity (Wildman–Crippen MR) is 105 cm³/mol. The van der Waals surface area contributed by atoms with E-state index in [1.165, 1.54) is 69.3 Å². The Morgan fingerprint density at radius 2 is 1.67 bits per heavy atom. The third-order valence-electron chi connectivity index (χ3n) is 5.85. The molecule has 0 spiro atoms. The van der Waals surface area contributed by atoms with Crippen LogP contribution in [0, 0.1) is 5.92 Å². The molecule has 0 N–H and O–H groups in total. The van der Waals surface area contributed by atoms with Crippen LogP contribution in [0.2, 0.25) is 0 Å². The Balaban J connectivity index is 1.35. The van der Waals surface area contributed by atoms with Crippen LogP contribution in [0.25, 0.3) is 0 Å². The van der Waals surface area contributed by atoms with Gasteiger partial charge in [0, 0.05) is 49.4 Å². The fraction of sp³-hybridized carbons (Fsp3) is 0.700. The molecule has 0 bridgehead atoms. The van der Waals surface area contributed by atoms with E-state index in [2.05, 4.69) is 59.0 Å². The number of likely N-dealkylation sites (tertiary alicyclic amines) is 1. The molecule has 1 aromatic carbocycles. The summed E-state index contributed by atoms with van der Waals surface area (Å²) in [6.07, 6.45) is 2.76. The van der Waals surface area contributed by atoms with Gasteiger partial charge in [0.2, 0.25) is 0 Å². The SMILES string of the molecule is CC(C1CCN(CCSc2ccccc2)CC1)N1CCN(C)CC1. The summed E-state index contributed by atoms with van der Waals surface area (Å²) in [7, 11) is 2.24. The van der Waals surface area contributed by atoms with Gasteiger partial charge < -0.3 is 9.80 Å². The molecule has 0 aliphatic carbocycles. The number of hydrogen-bond donors (Lipinski definition) is 0. The highest BCUT2D eigenvalue weighted by atomic mass is 32.2. The van der Waals surface area contributed by atoms with Crippen molar-refractivity contribution in [3.8, 4) is 0 Å². The van der Waals surface area contributed by atoms with E-state index in [1.54, 1.807) is 0 Å². The number of hydrogen-bond acceptors (Lipinski definition) is 4. The third kappa shape index (κ3) is 5.22. The van der Waals surface area contributed by atoms with Crippen LogP contribution in [-0.2, 0) is 0 Å². The molecular formula is C20H33N3S. The second-order valence-electron chi connectivity index (χ2n) is 7.42. The highest BCUT2D eigenvalue weighted by molar-refractivity contribution is 7.99. The minimum absolute atomic E-state index is 0.763. The van der Waals surface area contributed by atoms with Gasteiger partial charge >= 0.3 is 0 Å². The molecule has 1 atom stereocenters. The molecule has 2 heterocycles. The first-order valence-corrected chi connectivity index (χ1v) is 10.5. The zero-order valence-electron chi connectivity index (χ0n) is 15.4. The van der Waals surface area contributed by atoms with E-state index in [0.717, 1.165) is 12.0 Å². The first-order chi connectivity index (χ1) is 11.7. The van der Waals surface area contributed by atoms with Crippen molar-refractivity contribution in [3.05, 3.63) is 30.3 Å². The Kier molecular flexibility index (Phi) is 7.02. The third-order valence-corrected chi connectivity index (χ3v) is 6.84. The largest absolute Gasteiger partial charge is 0.304 e. The highest BCUT2D eigenvalue weighted by Gasteiger charge is 2.28. The molecule has 2 aliphatic heterocycles. The van der Waals surface area contributed by atoms with Crippen molar-refractivity contribution in [2.45, 2.75) is 30.7 Å². The number of piperazine rings is 1. The van der Waals surface area contributed by atoms with Gasteiger partial charge in [0.05, 0.1) is 0 Å². The van der Waals surface area contributed by atoms with E-state index in [-0.39, 0.29) is 0 Å². The van der Waals surface area contributed by atoms with Gasteiger partial charge in [-0.2, -0.15) is 0 Å². The van der Waals surface area contributed by atoms with E-state index in [1.807, 2.05) is 11.8 Å². The van der Waals surface area contributed by atoms with Crippen molar-refractivity contribution >= 4 is 11.8 Å². The van der Waals surface area contributed by atoms with Crippen LogP contribution in [0.15, 0.2) is 35.2 Å². The maximum atomic E-state index is 2.73. The van der Waals surface area contributed by atoms with Gasteiger partial charge in [0.25, 0.3) is 0 Å². The van der Waals surface area contributed by atoms with Crippen LogP contribution in [0.1, 0.15) is 19.8 Å². The molecule has 2 fully saturated rings. The summed E-state index contributed by atoms with van der Waals surface area (Å²) in [6.45, 7) is 11.3. The van der Waals surface area contributed by atoms with Crippen molar-refractivity contribution < 1.29 is 0 Å². The van der Waals surface area contributed by atoms with Gasteiger partial charge in [-0.25, -0.2) is 0 Å². The quantitative estimate of drug-likeness (QED) is 0.731. The summed E-state index contributed by atoms with van der Waals surface area (Å²) < 4.78 is 0. The fourth-order valence-electron chi connectivity index (χ4n) is 4.00. The van der Waals surface area contributed by atoms with E-state index < -0.39 is 0 Å². The Labute approximate surface area is 152 Å². The van der Waals surface area contributed by atoms with Crippen molar-refractivity contribution in [3.63, 3.8) is 0 Å². The maximum Gasteiger partial charge on any atom is 0.0113 e. The summed E-state index contributed by atoms with van der Waals surface area (Å²) >= 11 is 1.99. The van der Waals surface area contributed by atoms with Crippen LogP contribution in [0.4, 0.5) is 0 Å². The first-order valence-electron chi connectivity index (χ1n) is 9.55. The van der Waals surface area contributed by atoms with E-state index in [0.29, 0.717) is 0 Å². The normalized spacial score (nSPS) is 23.4. The van der Waals surface area contributed by atoms with Gasteiger partial charge in [-0.3, -0.25) is 4.90 Å². The second kappa shape index (κ2) is 9.23. The lowest BCUT2D eigenvalue weighted by molar-refractivity contribution is 0.0625. The smallest absolute Gasteiger partial charge is 0.0113 e. The number of thioether (sulfide) groups is 1. The van der Waals surface area contributed by atoms with Crippen LogP contribution in [-0.4, -0.2) is 79.4 Å². The molecule has 3 rings (SSSR count). The fourth-order valence-corrected chi connectivity index (χ4v) is 4.93. The van der Waals surface area contributed by atoms with Crippen LogP contribution < -0.4 is 0 Å². The average molecular weight is 348 g/mol. The summed E-state index contributed by atoms with van der Waals surface area (Å²) in [6, 6.07) is 11.6. The number of likely N-dealkylation sites (N-methyl/N-ethyl adjacent to an activating group) is 1. The van der Waals surface area contributed by atoms with Gasteiger partial charge in [0.15, 0.2) is 0 Å². The molecular weight excluding hydrogens is 314 g/mol. The lowest BCUT2D eigenvalue weighted by Gasteiger charge is -2.42. The Bertz CT molecular complexity index is 465. The number of rotatable bonds is 6. The molecule has 1 unspecified atom stereocenters. The molecule has 1 aromatic rings. The van der Waals surface area contributed by atoms with E-state index in [9.17, 15) is 0 Å². The average Bonchev–Trinajstić information content (AvgIpc) is 2.63. The summed E-state index contributed by atoms with van der Waals surface area (Å²) in [5.74, 6) is 2.11. The van der Waals surface area contributed by atoms with Crippen molar-refractivity contribution in [1.82, 2.24) is 14.7 Å². The molecule has 2 aliphatic rings. The minimum atomic E-state index is 0.763. The van der Waals surface area contributed by atoms with Gasteiger partial charge in [0.1, 0.15) is 0 Å². The lowest BCUT2D eigenvalue weighted by atomic mass is 9.89. The van der Waals surface area contributed by atoms with Crippen LogP contribution in [0.3, 0.4) is 0 Å². The standard InChI is InChI=1S/C20H33N3S/c1-18(23-14-12-21(2)13-15-23)19-8-10-22(11-9-19)16-17-24-20-6-4-3-5-7-20/h3-7,18-19H,8-17H2,1-2H3. The number of piperidine rings is 1. The van der Waals surface area contributed by atoms with Crippen LogP contribution >= 0.6 is 11.8 Å². The topological polar surface area (TPSA) is 9.72 Å². The zero-order chi connectivity index (χ0) is 16.8. The van der Waals surface area contributed by atoms with E-state index in [4.69, 9.17) is 0 Å². The Morgan fingerprint density at radius 3 is 2.33 bits per heavy atom. The van der Waals surface area contributed by atoms with Crippen molar-refractivity contribution in [2.24, 2.45) is 5.92 Å². The summed E-state index contributed by atoms with van der Waals surface area (Å²) in [4.78, 5) is 9.25. The molecule has 24 heavy (non-hydrogen) atoms. The Hall–Kier alpha value is -0.550. The van der Waals surface area contributed by atoms with Crippen molar-refractivity contribution in [2.75, 3.05) is 58.6 Å². The highest BCUT2D eigenvalue weighted by Crippen LogP contribution is 2.25. The van der Waals surface area contributed by atoms with Crippen molar-refractivity contribution in [1.29, 1.82) is 0 Å². The first kappa shape index (κ1) is 18.2. The molecule has 0 amide bonds. The maximum absolute atomic E-state index is 2.73. The summed E-state index contributed by atoms with van der Waals surface area (Å²) in [5.41, 5.74) is 0. The number of benzene rings is 1. The Morgan fingerprint density at radius 1 is 1.00 bits per heavy atom. The molecule has 2 saturated heterocycles. The number of nitrogens with zero attached hydrogens (tertiary/aromatic N) is 3. The molecule has 4 heteroatoms. The lowest BCUT2D eigenvalue weighted by Crippen LogP contribution is -2.51. The monoisotopic (exact) mass is 347 g/mol. The van der Waals surface area contributed by atoms with Gasteiger partial charge in [-0.1, -0.05) is 18.2 Å². The van der Waals surface area contributed by atoms with Gasteiger partial charge in [-0.15, -0.1) is 11.8 Å². The predicted octanol–water partition coefficient (Wildman–Crippen LogP) is 3.13. The molecule has 0 saturated carbocycles. The summed E-state index contributed by atoms with van der Waals surface area (Å²) in [5, 5.41) is 0. The van der Waals surface area contributed by atoms with Crippen LogP contribution in [0.5, 0.6) is 0 Å². The molecule has 0 aromatic heterocycles. The van der Waals surface area contributed by atoms with E-state index >= 15 is 0 Å². The zero-order valence-corrected chi connectivity index (χ0v) is 16.2. The molecule has 0 radical (unpaired) electrons.